The van der Waals surface area contributed by atoms with Crippen molar-refractivity contribution >= 4 is 27.6 Å². The molecule has 6 rings (SSSR count). The zero-order valence-corrected chi connectivity index (χ0v) is 18.3. The summed E-state index contributed by atoms with van der Waals surface area (Å²) in [5.74, 6) is 1.36. The number of hydrogen-bond donors (Lipinski definition) is 0. The highest BCUT2D eigenvalue weighted by atomic mass is 16.2. The van der Waals surface area contributed by atoms with E-state index in [9.17, 15) is 9.59 Å². The first-order chi connectivity index (χ1) is 15.6. The summed E-state index contributed by atoms with van der Waals surface area (Å²) in [5, 5.41) is 7.88. The Balaban J connectivity index is 1.60. The lowest BCUT2D eigenvalue weighted by Crippen LogP contribution is -2.38. The summed E-state index contributed by atoms with van der Waals surface area (Å²) >= 11 is 0. The summed E-state index contributed by atoms with van der Waals surface area (Å²) in [4.78, 5) is 28.6. The molecule has 1 saturated heterocycles. The topological polar surface area (TPSA) is 65.1 Å². The Hall–Kier alpha value is -3.35. The predicted molar refractivity (Wildman–Crippen MR) is 126 cm³/mol. The molecular weight excluding hydrogens is 402 g/mol. The molecule has 2 aromatic heterocycles. The van der Waals surface area contributed by atoms with E-state index in [4.69, 9.17) is 5.10 Å². The molecule has 32 heavy (non-hydrogen) atoms. The summed E-state index contributed by atoms with van der Waals surface area (Å²) < 4.78 is 4.95. The van der Waals surface area contributed by atoms with Gasteiger partial charge >= 0.3 is 5.69 Å². The molecule has 0 atom stereocenters. The van der Waals surface area contributed by atoms with Crippen molar-refractivity contribution in [3.05, 3.63) is 68.9 Å². The second-order valence-corrected chi connectivity index (χ2v) is 9.21. The minimum Gasteiger partial charge on any atom is -0.356 e. The van der Waals surface area contributed by atoms with Gasteiger partial charge in [0.15, 0.2) is 5.65 Å². The van der Waals surface area contributed by atoms with Gasteiger partial charge in [-0.1, -0.05) is 42.5 Å². The van der Waals surface area contributed by atoms with E-state index in [2.05, 4.69) is 41.3 Å². The molecule has 1 aliphatic heterocycles. The number of fused-ring (bicyclic) bond motifs is 2. The number of aromatic nitrogens is 4. The van der Waals surface area contributed by atoms with Gasteiger partial charge in [-0.25, -0.2) is 9.48 Å². The molecule has 0 N–H and O–H groups in total. The molecule has 2 aliphatic rings. The van der Waals surface area contributed by atoms with Crippen molar-refractivity contribution in [2.45, 2.75) is 38.8 Å². The van der Waals surface area contributed by atoms with Gasteiger partial charge in [-0.15, -0.1) is 0 Å². The van der Waals surface area contributed by atoms with E-state index < -0.39 is 0 Å². The number of anilines is 1. The molecule has 0 radical (unpaired) electrons. The Labute approximate surface area is 185 Å². The maximum absolute atomic E-state index is 13.3. The second-order valence-electron chi connectivity index (χ2n) is 9.21. The van der Waals surface area contributed by atoms with Gasteiger partial charge in [0.2, 0.25) is 0 Å². The van der Waals surface area contributed by atoms with Gasteiger partial charge in [0.25, 0.3) is 5.56 Å². The Bertz CT molecular complexity index is 1450. The standard InChI is InChI=1S/C25H27N5O2/c1-27-24(31)21-22(29(25(27)32)15-17-11-12-17)26-30(23(21)28-13-4-5-14-28)16-19-9-6-8-18-7-2-3-10-20(18)19/h2-3,6-10,17H,4-5,11-16H2,1H3. The molecule has 0 amide bonds. The van der Waals surface area contributed by atoms with Crippen LogP contribution >= 0.6 is 0 Å². The van der Waals surface area contributed by atoms with Crippen LogP contribution in [0.4, 0.5) is 5.82 Å². The van der Waals surface area contributed by atoms with E-state index in [0.29, 0.717) is 30.0 Å². The average molecular weight is 430 g/mol. The van der Waals surface area contributed by atoms with Crippen LogP contribution < -0.4 is 16.1 Å². The average Bonchev–Trinajstić information content (AvgIpc) is 3.32. The maximum Gasteiger partial charge on any atom is 0.332 e. The molecule has 2 aromatic carbocycles. The molecule has 4 aromatic rings. The van der Waals surface area contributed by atoms with Crippen molar-refractivity contribution in [1.29, 1.82) is 0 Å². The first-order valence-electron chi connectivity index (χ1n) is 11.5. The van der Waals surface area contributed by atoms with Crippen molar-refractivity contribution in [2.24, 2.45) is 13.0 Å². The van der Waals surface area contributed by atoms with E-state index in [0.717, 1.165) is 50.2 Å². The first-order valence-corrected chi connectivity index (χ1v) is 11.5. The molecule has 2 fully saturated rings. The Morgan fingerprint density at radius 2 is 1.75 bits per heavy atom. The minimum atomic E-state index is -0.266. The fraction of sp³-hybridized carbons (Fsp3) is 0.400. The van der Waals surface area contributed by atoms with Crippen LogP contribution in [0.15, 0.2) is 52.1 Å². The van der Waals surface area contributed by atoms with Gasteiger partial charge < -0.3 is 4.90 Å². The van der Waals surface area contributed by atoms with Crippen LogP contribution in [0.2, 0.25) is 0 Å². The van der Waals surface area contributed by atoms with Crippen LogP contribution in [-0.4, -0.2) is 32.0 Å². The normalized spacial score (nSPS) is 16.5. The number of nitrogens with zero attached hydrogens (tertiary/aromatic N) is 5. The molecule has 1 saturated carbocycles. The maximum atomic E-state index is 13.3. The number of hydrogen-bond acceptors (Lipinski definition) is 4. The Morgan fingerprint density at radius 3 is 2.53 bits per heavy atom. The van der Waals surface area contributed by atoms with E-state index in [1.807, 2.05) is 10.7 Å². The van der Waals surface area contributed by atoms with Crippen LogP contribution in [0.25, 0.3) is 21.8 Å². The third-order valence-electron chi connectivity index (χ3n) is 6.94. The summed E-state index contributed by atoms with van der Waals surface area (Å²) in [6.07, 6.45) is 4.46. The Kier molecular flexibility index (Phi) is 4.45. The largest absolute Gasteiger partial charge is 0.356 e. The summed E-state index contributed by atoms with van der Waals surface area (Å²) in [6.45, 7) is 3.00. The molecule has 7 nitrogen and oxygen atoms in total. The minimum absolute atomic E-state index is 0.247. The fourth-order valence-corrected chi connectivity index (χ4v) is 5.02. The molecule has 3 heterocycles. The number of rotatable bonds is 5. The van der Waals surface area contributed by atoms with Gasteiger partial charge in [-0.2, -0.15) is 5.10 Å². The van der Waals surface area contributed by atoms with Gasteiger partial charge in [0.05, 0.1) is 6.54 Å². The van der Waals surface area contributed by atoms with E-state index in [1.54, 1.807) is 11.6 Å². The van der Waals surface area contributed by atoms with Gasteiger partial charge in [0.1, 0.15) is 11.2 Å². The van der Waals surface area contributed by atoms with Crippen molar-refractivity contribution in [3.63, 3.8) is 0 Å². The van der Waals surface area contributed by atoms with E-state index in [-0.39, 0.29) is 11.2 Å². The molecular formula is C25H27N5O2. The lowest BCUT2D eigenvalue weighted by Gasteiger charge is -2.20. The second kappa shape index (κ2) is 7.36. The van der Waals surface area contributed by atoms with Crippen molar-refractivity contribution in [3.8, 4) is 0 Å². The van der Waals surface area contributed by atoms with Crippen LogP contribution in [0.3, 0.4) is 0 Å². The highest BCUT2D eigenvalue weighted by molar-refractivity contribution is 5.89. The lowest BCUT2D eigenvalue weighted by atomic mass is 10.0. The lowest BCUT2D eigenvalue weighted by molar-refractivity contribution is 0.571. The first kappa shape index (κ1) is 19.3. The molecule has 7 heteroatoms. The summed E-state index contributed by atoms with van der Waals surface area (Å²) in [6, 6.07) is 14.6. The van der Waals surface area contributed by atoms with Crippen molar-refractivity contribution in [1.82, 2.24) is 18.9 Å². The molecule has 1 aliphatic carbocycles. The summed E-state index contributed by atoms with van der Waals surface area (Å²) in [7, 11) is 1.59. The van der Waals surface area contributed by atoms with Crippen LogP contribution in [0.1, 0.15) is 31.2 Å². The highest BCUT2D eigenvalue weighted by Gasteiger charge is 2.29. The molecule has 0 bridgehead atoms. The SMILES string of the molecule is Cn1c(=O)c2c(N3CCCC3)n(Cc3cccc4ccccc34)nc2n(CC2CC2)c1=O. The zero-order chi connectivity index (χ0) is 21.8. The third-order valence-corrected chi connectivity index (χ3v) is 6.94. The van der Waals surface area contributed by atoms with Gasteiger partial charge in [-0.05, 0) is 47.9 Å². The zero-order valence-electron chi connectivity index (χ0n) is 18.3. The van der Waals surface area contributed by atoms with Gasteiger partial charge in [-0.3, -0.25) is 13.9 Å². The third kappa shape index (κ3) is 3.06. The highest BCUT2D eigenvalue weighted by Crippen LogP contribution is 2.33. The van der Waals surface area contributed by atoms with E-state index in [1.165, 1.54) is 15.3 Å². The quantitative estimate of drug-likeness (QED) is 0.489. The van der Waals surface area contributed by atoms with Crippen LogP contribution in [-0.2, 0) is 20.1 Å². The fourth-order valence-electron chi connectivity index (χ4n) is 5.02. The van der Waals surface area contributed by atoms with Crippen molar-refractivity contribution < 1.29 is 0 Å². The molecule has 0 unspecified atom stereocenters. The Morgan fingerprint density at radius 1 is 1.00 bits per heavy atom. The molecule has 0 spiro atoms. The van der Waals surface area contributed by atoms with Crippen molar-refractivity contribution in [2.75, 3.05) is 18.0 Å². The monoisotopic (exact) mass is 429 g/mol. The number of benzene rings is 2. The predicted octanol–water partition coefficient (Wildman–Crippen LogP) is 3.11. The van der Waals surface area contributed by atoms with E-state index >= 15 is 0 Å². The van der Waals surface area contributed by atoms with Gasteiger partial charge in [0, 0.05) is 26.7 Å². The van der Waals surface area contributed by atoms with Crippen LogP contribution in [0.5, 0.6) is 0 Å². The summed E-state index contributed by atoms with van der Waals surface area (Å²) in [5.41, 5.74) is 1.18. The molecule has 164 valence electrons. The smallest absolute Gasteiger partial charge is 0.332 e. The van der Waals surface area contributed by atoms with Crippen LogP contribution in [0, 0.1) is 5.92 Å².